The number of rotatable bonds is 7. The van der Waals surface area contributed by atoms with Crippen LogP contribution in [0.1, 0.15) is 39.5 Å². The lowest BCUT2D eigenvalue weighted by molar-refractivity contribution is -0.143. The second kappa shape index (κ2) is 9.07. The lowest BCUT2D eigenvalue weighted by atomic mass is 10.2. The SMILES string of the molecule is CCCCN(CCCC)C(=O)C(=O)Nc1ccccn1. The average Bonchev–Trinajstić information content (AvgIpc) is 2.48. The van der Waals surface area contributed by atoms with Crippen LogP contribution in [0.3, 0.4) is 0 Å². The fourth-order valence-electron chi connectivity index (χ4n) is 1.76. The predicted molar refractivity (Wildman–Crippen MR) is 79.3 cm³/mol. The molecular weight excluding hydrogens is 254 g/mol. The Labute approximate surface area is 120 Å². The van der Waals surface area contributed by atoms with Gasteiger partial charge in [0.1, 0.15) is 5.82 Å². The van der Waals surface area contributed by atoms with Gasteiger partial charge >= 0.3 is 11.8 Å². The number of pyridine rings is 1. The van der Waals surface area contributed by atoms with Crippen molar-refractivity contribution >= 4 is 17.6 Å². The van der Waals surface area contributed by atoms with Gasteiger partial charge in [-0.15, -0.1) is 0 Å². The second-order valence-electron chi connectivity index (χ2n) is 4.67. The van der Waals surface area contributed by atoms with E-state index in [1.54, 1.807) is 29.3 Å². The highest BCUT2D eigenvalue weighted by Crippen LogP contribution is 2.04. The summed E-state index contributed by atoms with van der Waals surface area (Å²) in [5.74, 6) is -0.690. The number of unbranched alkanes of at least 4 members (excludes halogenated alkanes) is 2. The van der Waals surface area contributed by atoms with Gasteiger partial charge in [-0.25, -0.2) is 4.98 Å². The molecule has 0 saturated carbocycles. The molecule has 1 rings (SSSR count). The van der Waals surface area contributed by atoms with Crippen LogP contribution < -0.4 is 5.32 Å². The van der Waals surface area contributed by atoms with Gasteiger partial charge in [-0.05, 0) is 25.0 Å². The third-order valence-electron chi connectivity index (χ3n) is 2.95. The van der Waals surface area contributed by atoms with Crippen LogP contribution in [-0.2, 0) is 9.59 Å². The molecule has 0 spiro atoms. The van der Waals surface area contributed by atoms with E-state index >= 15 is 0 Å². The molecule has 0 atom stereocenters. The number of carbonyl (C=O) groups is 2. The van der Waals surface area contributed by atoms with E-state index < -0.39 is 11.8 Å². The summed E-state index contributed by atoms with van der Waals surface area (Å²) < 4.78 is 0. The van der Waals surface area contributed by atoms with Crippen LogP contribution >= 0.6 is 0 Å². The largest absolute Gasteiger partial charge is 0.334 e. The number of carbonyl (C=O) groups excluding carboxylic acids is 2. The molecule has 5 nitrogen and oxygen atoms in total. The monoisotopic (exact) mass is 277 g/mol. The van der Waals surface area contributed by atoms with Crippen molar-refractivity contribution in [3.8, 4) is 0 Å². The minimum absolute atomic E-state index is 0.400. The summed E-state index contributed by atoms with van der Waals surface area (Å²) in [5, 5.41) is 2.53. The smallest absolute Gasteiger partial charge is 0.315 e. The van der Waals surface area contributed by atoms with Gasteiger partial charge in [-0.1, -0.05) is 32.8 Å². The summed E-state index contributed by atoms with van der Waals surface area (Å²) in [4.78, 5) is 29.7. The molecule has 1 aromatic rings. The van der Waals surface area contributed by atoms with E-state index in [0.717, 1.165) is 25.7 Å². The molecule has 20 heavy (non-hydrogen) atoms. The molecule has 0 fully saturated rings. The molecule has 0 aliphatic heterocycles. The summed E-state index contributed by atoms with van der Waals surface area (Å²) in [6.07, 6.45) is 5.39. The number of nitrogens with zero attached hydrogens (tertiary/aromatic N) is 2. The highest BCUT2D eigenvalue weighted by Gasteiger charge is 2.21. The van der Waals surface area contributed by atoms with Crippen molar-refractivity contribution in [1.82, 2.24) is 9.88 Å². The van der Waals surface area contributed by atoms with Crippen molar-refractivity contribution in [2.24, 2.45) is 0 Å². The second-order valence-corrected chi connectivity index (χ2v) is 4.67. The first kappa shape index (κ1) is 16.1. The number of nitrogens with one attached hydrogen (secondary N) is 1. The zero-order valence-electron chi connectivity index (χ0n) is 12.3. The van der Waals surface area contributed by atoms with E-state index in [-0.39, 0.29) is 0 Å². The summed E-state index contributed by atoms with van der Waals surface area (Å²) in [5.41, 5.74) is 0. The number of hydrogen-bond acceptors (Lipinski definition) is 3. The van der Waals surface area contributed by atoms with E-state index in [0.29, 0.717) is 18.9 Å². The van der Waals surface area contributed by atoms with Crippen molar-refractivity contribution in [3.05, 3.63) is 24.4 Å². The quantitative estimate of drug-likeness (QED) is 0.779. The van der Waals surface area contributed by atoms with E-state index in [9.17, 15) is 9.59 Å². The Kier molecular flexibility index (Phi) is 7.32. The Morgan fingerprint density at radius 3 is 2.30 bits per heavy atom. The van der Waals surface area contributed by atoms with Crippen molar-refractivity contribution in [1.29, 1.82) is 0 Å². The molecule has 1 N–H and O–H groups in total. The van der Waals surface area contributed by atoms with Gasteiger partial charge in [-0.3, -0.25) is 9.59 Å². The molecule has 1 aromatic heterocycles. The summed E-state index contributed by atoms with van der Waals surface area (Å²) in [6, 6.07) is 5.18. The zero-order valence-corrected chi connectivity index (χ0v) is 12.3. The number of aromatic nitrogens is 1. The molecule has 110 valence electrons. The van der Waals surface area contributed by atoms with Gasteiger partial charge in [0.25, 0.3) is 0 Å². The molecule has 0 radical (unpaired) electrons. The van der Waals surface area contributed by atoms with E-state index in [1.165, 1.54) is 0 Å². The molecule has 5 heteroatoms. The maximum atomic E-state index is 12.1. The van der Waals surface area contributed by atoms with Gasteiger partial charge < -0.3 is 10.2 Å². The average molecular weight is 277 g/mol. The zero-order chi connectivity index (χ0) is 14.8. The lowest BCUT2D eigenvalue weighted by Crippen LogP contribution is -2.41. The van der Waals surface area contributed by atoms with Crippen LogP contribution in [0.4, 0.5) is 5.82 Å². The van der Waals surface area contributed by atoms with Gasteiger partial charge in [-0.2, -0.15) is 0 Å². The normalized spacial score (nSPS) is 10.1. The van der Waals surface area contributed by atoms with Crippen LogP contribution in [0.5, 0.6) is 0 Å². The highest BCUT2D eigenvalue weighted by atomic mass is 16.2. The molecule has 0 bridgehead atoms. The first-order chi connectivity index (χ1) is 9.69. The number of amides is 2. The Morgan fingerprint density at radius 1 is 1.15 bits per heavy atom. The Hall–Kier alpha value is -1.91. The van der Waals surface area contributed by atoms with Crippen LogP contribution in [0.25, 0.3) is 0 Å². The van der Waals surface area contributed by atoms with Gasteiger partial charge in [0, 0.05) is 19.3 Å². The first-order valence-corrected chi connectivity index (χ1v) is 7.20. The Balaban J connectivity index is 2.60. The van der Waals surface area contributed by atoms with Crippen molar-refractivity contribution in [2.75, 3.05) is 18.4 Å². The van der Waals surface area contributed by atoms with Crippen molar-refractivity contribution < 1.29 is 9.59 Å². The summed E-state index contributed by atoms with van der Waals surface area (Å²) in [7, 11) is 0. The standard InChI is InChI=1S/C15H23N3O2/c1-3-5-11-18(12-6-4-2)15(20)14(19)17-13-9-7-8-10-16-13/h7-10H,3-6,11-12H2,1-2H3,(H,16,17,19). The molecular formula is C15H23N3O2. The van der Waals surface area contributed by atoms with Crippen LogP contribution in [0.15, 0.2) is 24.4 Å². The Bertz CT molecular complexity index is 412. The molecule has 0 aliphatic carbocycles. The number of anilines is 1. The van der Waals surface area contributed by atoms with Crippen LogP contribution in [0, 0.1) is 0 Å². The summed E-state index contributed by atoms with van der Waals surface area (Å²) >= 11 is 0. The molecule has 2 amide bonds. The third-order valence-corrected chi connectivity index (χ3v) is 2.95. The van der Waals surface area contributed by atoms with E-state index in [2.05, 4.69) is 24.1 Å². The predicted octanol–water partition coefficient (Wildman–Crippen LogP) is 2.45. The summed E-state index contributed by atoms with van der Waals surface area (Å²) in [6.45, 7) is 5.39. The molecule has 0 aliphatic rings. The van der Waals surface area contributed by atoms with Gasteiger partial charge in [0.2, 0.25) is 0 Å². The maximum Gasteiger partial charge on any atom is 0.315 e. The fourth-order valence-corrected chi connectivity index (χ4v) is 1.76. The van der Waals surface area contributed by atoms with Crippen molar-refractivity contribution in [3.63, 3.8) is 0 Å². The number of hydrogen-bond donors (Lipinski definition) is 1. The molecule has 0 saturated heterocycles. The third kappa shape index (κ3) is 5.38. The lowest BCUT2D eigenvalue weighted by Gasteiger charge is -2.21. The maximum absolute atomic E-state index is 12.1. The topological polar surface area (TPSA) is 62.3 Å². The van der Waals surface area contributed by atoms with Gasteiger partial charge in [0.05, 0.1) is 0 Å². The highest BCUT2D eigenvalue weighted by molar-refractivity contribution is 6.39. The van der Waals surface area contributed by atoms with Gasteiger partial charge in [0.15, 0.2) is 0 Å². The fraction of sp³-hybridized carbons (Fsp3) is 0.533. The molecule has 1 heterocycles. The van der Waals surface area contributed by atoms with Crippen LogP contribution in [0.2, 0.25) is 0 Å². The van der Waals surface area contributed by atoms with Crippen LogP contribution in [-0.4, -0.2) is 34.8 Å². The Morgan fingerprint density at radius 2 is 1.80 bits per heavy atom. The molecule has 0 unspecified atom stereocenters. The minimum atomic E-state index is -0.615. The van der Waals surface area contributed by atoms with E-state index in [4.69, 9.17) is 0 Å². The van der Waals surface area contributed by atoms with E-state index in [1.807, 2.05) is 0 Å². The van der Waals surface area contributed by atoms with Crippen molar-refractivity contribution in [2.45, 2.75) is 39.5 Å². The molecule has 0 aromatic carbocycles. The first-order valence-electron chi connectivity index (χ1n) is 7.20. The minimum Gasteiger partial charge on any atom is -0.334 e.